The van der Waals surface area contributed by atoms with Crippen molar-refractivity contribution >= 4 is 27.5 Å². The summed E-state index contributed by atoms with van der Waals surface area (Å²) in [6, 6.07) is 9.27. The summed E-state index contributed by atoms with van der Waals surface area (Å²) in [4.78, 5) is 15.3. The Balaban J connectivity index is 2.07. The van der Waals surface area contributed by atoms with Crippen LogP contribution in [0.3, 0.4) is 0 Å². The number of nitrogens with one attached hydrogen (secondary N) is 1. The summed E-state index contributed by atoms with van der Waals surface area (Å²) < 4.78 is 0.841. The van der Waals surface area contributed by atoms with Crippen molar-refractivity contribution in [3.05, 3.63) is 57.8 Å². The van der Waals surface area contributed by atoms with Gasteiger partial charge in [-0.1, -0.05) is 12.1 Å². The zero-order valence-electron chi connectivity index (χ0n) is 10.5. The van der Waals surface area contributed by atoms with Crippen molar-refractivity contribution in [2.24, 2.45) is 5.73 Å². The summed E-state index contributed by atoms with van der Waals surface area (Å²) in [5.74, 6) is -0.414. The Morgan fingerprint density at radius 1 is 1.42 bits per heavy atom. The molecule has 0 spiro atoms. The summed E-state index contributed by atoms with van der Waals surface area (Å²) in [5.41, 5.74) is 8.77. The van der Waals surface area contributed by atoms with Crippen LogP contribution in [0, 0.1) is 6.92 Å². The number of nitrogens with zero attached hydrogens (tertiary/aromatic N) is 1. The second-order valence-electron chi connectivity index (χ2n) is 4.25. The van der Waals surface area contributed by atoms with Crippen LogP contribution in [0.5, 0.6) is 0 Å². The van der Waals surface area contributed by atoms with Gasteiger partial charge in [0.05, 0.1) is 11.9 Å². The third-order valence-corrected chi connectivity index (χ3v) is 3.55. The minimum absolute atomic E-state index is 0.414. The summed E-state index contributed by atoms with van der Waals surface area (Å²) in [6.07, 6.45) is 1.76. The summed E-state index contributed by atoms with van der Waals surface area (Å²) in [5, 5.41) is 3.26. The quantitative estimate of drug-likeness (QED) is 0.851. The number of anilines is 1. The first-order chi connectivity index (χ1) is 9.06. The minimum atomic E-state index is -0.414. The van der Waals surface area contributed by atoms with Gasteiger partial charge in [-0.25, -0.2) is 4.98 Å². The lowest BCUT2D eigenvalue weighted by Gasteiger charge is -2.08. The van der Waals surface area contributed by atoms with E-state index in [1.165, 1.54) is 0 Å². The van der Waals surface area contributed by atoms with E-state index in [0.29, 0.717) is 12.1 Å². The predicted molar refractivity (Wildman–Crippen MR) is 79.0 cm³/mol. The van der Waals surface area contributed by atoms with Gasteiger partial charge in [0, 0.05) is 12.1 Å². The maximum Gasteiger partial charge on any atom is 0.248 e. The number of rotatable bonds is 4. The number of carbonyl (C=O) groups is 1. The molecule has 2 rings (SSSR count). The van der Waals surface area contributed by atoms with E-state index in [2.05, 4.69) is 26.2 Å². The fraction of sp³-hybridized carbons (Fsp3) is 0.143. The van der Waals surface area contributed by atoms with Crippen molar-refractivity contribution in [1.29, 1.82) is 0 Å². The molecule has 0 aliphatic heterocycles. The number of amides is 1. The highest BCUT2D eigenvalue weighted by Gasteiger charge is 2.02. The topological polar surface area (TPSA) is 68.0 Å². The molecule has 1 heterocycles. The van der Waals surface area contributed by atoms with Crippen LogP contribution in [0.15, 0.2) is 41.1 Å². The van der Waals surface area contributed by atoms with E-state index >= 15 is 0 Å². The van der Waals surface area contributed by atoms with Crippen LogP contribution in [0.4, 0.5) is 5.69 Å². The number of pyridine rings is 1. The van der Waals surface area contributed by atoms with Crippen LogP contribution >= 0.6 is 15.9 Å². The molecule has 1 aromatic heterocycles. The second-order valence-corrected chi connectivity index (χ2v) is 5.00. The molecule has 0 radical (unpaired) electrons. The lowest BCUT2D eigenvalue weighted by Crippen LogP contribution is -2.11. The van der Waals surface area contributed by atoms with Crippen LogP contribution in [0.25, 0.3) is 0 Å². The van der Waals surface area contributed by atoms with Crippen molar-refractivity contribution in [2.75, 3.05) is 5.32 Å². The van der Waals surface area contributed by atoms with Crippen molar-refractivity contribution in [2.45, 2.75) is 13.5 Å². The number of carbonyl (C=O) groups excluding carboxylic acids is 1. The van der Waals surface area contributed by atoms with Crippen LogP contribution in [0.1, 0.15) is 21.5 Å². The number of nitrogens with two attached hydrogens (primary N) is 1. The Morgan fingerprint density at radius 3 is 2.89 bits per heavy atom. The summed E-state index contributed by atoms with van der Waals surface area (Å²) >= 11 is 3.36. The van der Waals surface area contributed by atoms with Crippen molar-refractivity contribution in [3.63, 3.8) is 0 Å². The maximum absolute atomic E-state index is 11.1. The van der Waals surface area contributed by atoms with E-state index in [4.69, 9.17) is 5.73 Å². The third kappa shape index (κ3) is 3.54. The SMILES string of the molecule is Cc1cc(NCc2cccc(C(N)=O)c2)cnc1Br. The Morgan fingerprint density at radius 2 is 2.21 bits per heavy atom. The Kier molecular flexibility index (Phi) is 4.16. The average molecular weight is 320 g/mol. The molecule has 0 saturated heterocycles. The molecule has 0 saturated carbocycles. The van der Waals surface area contributed by atoms with E-state index < -0.39 is 5.91 Å². The molecule has 1 aromatic carbocycles. The first-order valence-corrected chi connectivity index (χ1v) is 6.60. The van der Waals surface area contributed by atoms with E-state index in [1.807, 2.05) is 25.1 Å². The molecule has 19 heavy (non-hydrogen) atoms. The zero-order chi connectivity index (χ0) is 13.8. The lowest BCUT2D eigenvalue weighted by molar-refractivity contribution is 0.1000. The molecule has 0 aliphatic rings. The fourth-order valence-electron chi connectivity index (χ4n) is 1.69. The smallest absolute Gasteiger partial charge is 0.248 e. The molecular weight excluding hydrogens is 306 g/mol. The Bertz CT molecular complexity index is 613. The average Bonchev–Trinajstić information content (AvgIpc) is 2.40. The van der Waals surface area contributed by atoms with E-state index in [1.54, 1.807) is 18.3 Å². The van der Waals surface area contributed by atoms with E-state index in [9.17, 15) is 4.79 Å². The highest BCUT2D eigenvalue weighted by Crippen LogP contribution is 2.17. The molecule has 0 bridgehead atoms. The van der Waals surface area contributed by atoms with Crippen LogP contribution in [0.2, 0.25) is 0 Å². The first kappa shape index (κ1) is 13.5. The molecule has 98 valence electrons. The van der Waals surface area contributed by atoms with Gasteiger partial charge in [-0.15, -0.1) is 0 Å². The molecule has 5 heteroatoms. The van der Waals surface area contributed by atoms with Gasteiger partial charge >= 0.3 is 0 Å². The highest BCUT2D eigenvalue weighted by molar-refractivity contribution is 9.10. The number of hydrogen-bond donors (Lipinski definition) is 2. The van der Waals surface area contributed by atoms with Gasteiger partial charge in [0.2, 0.25) is 5.91 Å². The number of hydrogen-bond acceptors (Lipinski definition) is 3. The van der Waals surface area contributed by atoms with Crippen molar-refractivity contribution < 1.29 is 4.79 Å². The molecule has 3 N–H and O–H groups in total. The summed E-state index contributed by atoms with van der Waals surface area (Å²) in [7, 11) is 0. The molecule has 0 fully saturated rings. The van der Waals surface area contributed by atoms with Gasteiger partial charge in [0.1, 0.15) is 4.60 Å². The fourth-order valence-corrected chi connectivity index (χ4v) is 1.91. The Hall–Kier alpha value is -1.88. The van der Waals surface area contributed by atoms with Gasteiger partial charge in [0.25, 0.3) is 0 Å². The maximum atomic E-state index is 11.1. The first-order valence-electron chi connectivity index (χ1n) is 5.81. The van der Waals surface area contributed by atoms with Gasteiger partial charge < -0.3 is 11.1 Å². The molecule has 0 atom stereocenters. The number of halogens is 1. The monoisotopic (exact) mass is 319 g/mol. The zero-order valence-corrected chi connectivity index (χ0v) is 12.1. The van der Waals surface area contributed by atoms with Gasteiger partial charge in [-0.3, -0.25) is 4.79 Å². The van der Waals surface area contributed by atoms with E-state index in [-0.39, 0.29) is 0 Å². The highest BCUT2D eigenvalue weighted by atomic mass is 79.9. The van der Waals surface area contributed by atoms with Gasteiger partial charge in [0.15, 0.2) is 0 Å². The standard InChI is InChI=1S/C14H14BrN3O/c1-9-5-12(8-18-13(9)15)17-7-10-3-2-4-11(6-10)14(16)19/h2-6,8,17H,7H2,1H3,(H2,16,19). The van der Waals surface area contributed by atoms with Gasteiger partial charge in [-0.2, -0.15) is 0 Å². The predicted octanol–water partition coefficient (Wildman–Crippen LogP) is 2.86. The van der Waals surface area contributed by atoms with Crippen LogP contribution in [-0.4, -0.2) is 10.9 Å². The normalized spacial score (nSPS) is 10.2. The largest absolute Gasteiger partial charge is 0.380 e. The number of aryl methyl sites for hydroxylation is 1. The number of primary amides is 1. The van der Waals surface area contributed by atoms with Gasteiger partial charge in [-0.05, 0) is 52.2 Å². The molecule has 1 amide bonds. The molecule has 0 aliphatic carbocycles. The molecular formula is C14H14BrN3O. The van der Waals surface area contributed by atoms with E-state index in [0.717, 1.165) is 21.4 Å². The summed E-state index contributed by atoms with van der Waals surface area (Å²) in [6.45, 7) is 2.60. The second kappa shape index (κ2) is 5.84. The molecule has 0 unspecified atom stereocenters. The Labute approximate surface area is 120 Å². The number of aromatic nitrogens is 1. The molecule has 2 aromatic rings. The number of benzene rings is 1. The van der Waals surface area contributed by atoms with Crippen molar-refractivity contribution in [1.82, 2.24) is 4.98 Å². The van der Waals surface area contributed by atoms with Crippen molar-refractivity contribution in [3.8, 4) is 0 Å². The lowest BCUT2D eigenvalue weighted by atomic mass is 10.1. The molecule has 4 nitrogen and oxygen atoms in total. The van der Waals surface area contributed by atoms with Crippen LogP contribution < -0.4 is 11.1 Å². The van der Waals surface area contributed by atoms with Crippen LogP contribution in [-0.2, 0) is 6.54 Å². The third-order valence-electron chi connectivity index (χ3n) is 2.72. The minimum Gasteiger partial charge on any atom is -0.380 e.